The van der Waals surface area contributed by atoms with E-state index < -0.39 is 10.0 Å². The number of fused-ring (bicyclic) bond motifs is 1. The van der Waals surface area contributed by atoms with E-state index >= 15 is 0 Å². The van der Waals surface area contributed by atoms with E-state index in [9.17, 15) is 18.0 Å². The monoisotopic (exact) mass is 520 g/mol. The number of nitrogens with one attached hydrogen (secondary N) is 3. The van der Waals surface area contributed by atoms with Gasteiger partial charge < -0.3 is 15.5 Å². The zero-order valence-electron chi connectivity index (χ0n) is 20.9. The number of benzene rings is 2. The van der Waals surface area contributed by atoms with E-state index in [0.717, 1.165) is 29.0 Å². The van der Waals surface area contributed by atoms with Crippen molar-refractivity contribution in [3.05, 3.63) is 83.7 Å². The predicted octanol–water partition coefficient (Wildman–Crippen LogP) is 3.86. The van der Waals surface area contributed by atoms with Crippen LogP contribution in [0, 0.1) is 6.92 Å². The molecule has 0 radical (unpaired) electrons. The van der Waals surface area contributed by atoms with Crippen molar-refractivity contribution in [3.63, 3.8) is 0 Å². The van der Waals surface area contributed by atoms with Crippen LogP contribution in [-0.2, 0) is 21.4 Å². The van der Waals surface area contributed by atoms with E-state index in [1.807, 2.05) is 47.5 Å². The van der Waals surface area contributed by atoms with Crippen molar-refractivity contribution in [2.24, 2.45) is 0 Å². The lowest BCUT2D eigenvalue weighted by Crippen LogP contribution is -2.19. The summed E-state index contributed by atoms with van der Waals surface area (Å²) in [6.45, 7) is 3.97. The van der Waals surface area contributed by atoms with E-state index in [1.54, 1.807) is 42.6 Å². The number of nitrogens with zero attached hydrogens (tertiary/aromatic N) is 3. The first-order valence-corrected chi connectivity index (χ1v) is 13.3. The topological polar surface area (TPSA) is 125 Å². The molecule has 2 amide bonds. The van der Waals surface area contributed by atoms with Gasteiger partial charge >= 0.3 is 0 Å². The van der Waals surface area contributed by atoms with Crippen LogP contribution in [0.4, 0.5) is 22.9 Å². The van der Waals surface area contributed by atoms with E-state index in [2.05, 4.69) is 20.3 Å². The lowest BCUT2D eigenvalue weighted by atomic mass is 10.2. The number of pyridine rings is 1. The molecule has 2 aromatic heterocycles. The Hall–Kier alpha value is -4.38. The van der Waals surface area contributed by atoms with Gasteiger partial charge in [-0.3, -0.25) is 18.7 Å². The summed E-state index contributed by atoms with van der Waals surface area (Å²) < 4.78 is 27.3. The number of carbonyl (C=O) groups excluding carboxylic acids is 2. The Morgan fingerprint density at radius 3 is 2.35 bits per heavy atom. The van der Waals surface area contributed by atoms with Crippen molar-refractivity contribution in [1.82, 2.24) is 9.38 Å². The Morgan fingerprint density at radius 1 is 0.973 bits per heavy atom. The highest BCUT2D eigenvalue weighted by molar-refractivity contribution is 7.92. The van der Waals surface area contributed by atoms with Gasteiger partial charge in [0.25, 0.3) is 5.91 Å². The van der Waals surface area contributed by atoms with Gasteiger partial charge in [-0.1, -0.05) is 18.2 Å². The standard InChI is InChI=1S/C26H28N6O4S/c1-17-26(31(3)15-19-8-11-21(12-9-19)28-18(2)33)32-16-20(10-13-24(32)27-17)25(34)29-22-6-5-7-23(14-22)30-37(4,35)36/h5-14,16,30H,15H2,1-4H3,(H,28,33)(H,29,34). The summed E-state index contributed by atoms with van der Waals surface area (Å²) in [4.78, 5) is 30.9. The first-order valence-electron chi connectivity index (χ1n) is 11.4. The molecule has 3 N–H and O–H groups in total. The Balaban J connectivity index is 1.55. The highest BCUT2D eigenvalue weighted by Gasteiger charge is 2.16. The number of hydrogen-bond acceptors (Lipinski definition) is 6. The summed E-state index contributed by atoms with van der Waals surface area (Å²) in [7, 11) is -1.48. The van der Waals surface area contributed by atoms with Crippen LogP contribution in [0.15, 0.2) is 66.9 Å². The molecule has 37 heavy (non-hydrogen) atoms. The van der Waals surface area contributed by atoms with E-state index in [4.69, 9.17) is 0 Å². The minimum Gasteiger partial charge on any atom is -0.355 e. The normalized spacial score (nSPS) is 11.2. The third-order valence-electron chi connectivity index (χ3n) is 5.50. The van der Waals surface area contributed by atoms with Crippen LogP contribution in [0.2, 0.25) is 0 Å². The second kappa shape index (κ2) is 10.3. The van der Waals surface area contributed by atoms with E-state index in [1.165, 1.54) is 6.92 Å². The second-order valence-electron chi connectivity index (χ2n) is 8.81. The molecule has 2 aromatic carbocycles. The Kier molecular flexibility index (Phi) is 7.16. The van der Waals surface area contributed by atoms with E-state index in [0.29, 0.717) is 29.1 Å². The fraction of sp³-hybridized carbons (Fsp3) is 0.192. The third kappa shape index (κ3) is 6.44. The number of imidazole rings is 1. The molecule has 4 aromatic rings. The molecule has 0 fully saturated rings. The van der Waals surface area contributed by atoms with E-state index in [-0.39, 0.29) is 11.8 Å². The number of aryl methyl sites for hydroxylation is 1. The van der Waals surface area contributed by atoms with Crippen molar-refractivity contribution < 1.29 is 18.0 Å². The minimum absolute atomic E-state index is 0.121. The quantitative estimate of drug-likeness (QED) is 0.324. The van der Waals surface area contributed by atoms with Gasteiger partial charge in [-0.15, -0.1) is 0 Å². The molecule has 0 aliphatic rings. The summed E-state index contributed by atoms with van der Waals surface area (Å²) in [5.41, 5.74) is 4.53. The smallest absolute Gasteiger partial charge is 0.257 e. The molecule has 0 saturated heterocycles. The number of aromatic nitrogens is 2. The SMILES string of the molecule is CC(=O)Nc1ccc(CN(C)c2c(C)nc3ccc(C(=O)Nc4cccc(NS(C)(=O)=O)c4)cn23)cc1. The molecule has 192 valence electrons. The van der Waals surface area contributed by atoms with Crippen LogP contribution in [0.5, 0.6) is 0 Å². The first kappa shape index (κ1) is 25.7. The average molecular weight is 521 g/mol. The average Bonchev–Trinajstić information content (AvgIpc) is 3.14. The van der Waals surface area contributed by atoms with Crippen LogP contribution in [-0.4, -0.2) is 42.9 Å². The van der Waals surface area contributed by atoms with Crippen molar-refractivity contribution >= 4 is 50.4 Å². The molecule has 0 unspecified atom stereocenters. The molecular weight excluding hydrogens is 492 g/mol. The summed E-state index contributed by atoms with van der Waals surface area (Å²) in [5, 5.41) is 5.57. The fourth-order valence-electron chi connectivity index (χ4n) is 4.07. The molecule has 0 atom stereocenters. The molecule has 0 saturated carbocycles. The van der Waals surface area contributed by atoms with Gasteiger partial charge in [0.05, 0.1) is 23.2 Å². The molecule has 11 heteroatoms. The zero-order valence-corrected chi connectivity index (χ0v) is 21.8. The summed E-state index contributed by atoms with van der Waals surface area (Å²) in [5.74, 6) is 0.381. The van der Waals surface area contributed by atoms with Crippen LogP contribution in [0.3, 0.4) is 0 Å². The van der Waals surface area contributed by atoms with Gasteiger partial charge in [-0.25, -0.2) is 13.4 Å². The number of carbonyl (C=O) groups is 2. The molecular formula is C26H28N6O4S. The Bertz CT molecular complexity index is 1580. The molecule has 0 aliphatic carbocycles. The van der Waals surface area contributed by atoms with Crippen LogP contribution < -0.4 is 20.3 Å². The van der Waals surface area contributed by atoms with Crippen molar-refractivity contribution in [2.45, 2.75) is 20.4 Å². The van der Waals surface area contributed by atoms with Crippen molar-refractivity contribution in [3.8, 4) is 0 Å². The minimum atomic E-state index is -3.43. The molecule has 0 aliphatic heterocycles. The molecule has 10 nitrogen and oxygen atoms in total. The predicted molar refractivity (Wildman–Crippen MR) is 146 cm³/mol. The van der Waals surface area contributed by atoms with Gasteiger partial charge in [0.1, 0.15) is 11.5 Å². The highest BCUT2D eigenvalue weighted by atomic mass is 32.2. The molecule has 0 bridgehead atoms. The maximum atomic E-state index is 13.0. The van der Waals surface area contributed by atoms with Gasteiger partial charge in [0.15, 0.2) is 0 Å². The molecule has 4 rings (SSSR count). The number of sulfonamides is 1. The summed E-state index contributed by atoms with van der Waals surface area (Å²) in [6.07, 6.45) is 2.80. The number of anilines is 4. The van der Waals surface area contributed by atoms with Crippen molar-refractivity contribution in [2.75, 3.05) is 33.6 Å². The summed E-state index contributed by atoms with van der Waals surface area (Å²) >= 11 is 0. The zero-order chi connectivity index (χ0) is 26.7. The maximum Gasteiger partial charge on any atom is 0.257 e. The van der Waals surface area contributed by atoms with Gasteiger partial charge in [0, 0.05) is 38.1 Å². The molecule has 0 spiro atoms. The summed E-state index contributed by atoms with van der Waals surface area (Å²) in [6, 6.07) is 17.6. The molecule has 2 heterocycles. The van der Waals surface area contributed by atoms with Crippen molar-refractivity contribution in [1.29, 1.82) is 0 Å². The van der Waals surface area contributed by atoms with Gasteiger partial charge in [-0.05, 0) is 55.0 Å². The Labute approximate surface area is 215 Å². The third-order valence-corrected chi connectivity index (χ3v) is 6.11. The fourth-order valence-corrected chi connectivity index (χ4v) is 4.62. The highest BCUT2D eigenvalue weighted by Crippen LogP contribution is 2.24. The van der Waals surface area contributed by atoms with Crippen LogP contribution in [0.25, 0.3) is 5.65 Å². The van der Waals surface area contributed by atoms with Crippen LogP contribution in [0.1, 0.15) is 28.5 Å². The number of amides is 2. The first-order chi connectivity index (χ1) is 17.5. The van der Waals surface area contributed by atoms with Gasteiger partial charge in [-0.2, -0.15) is 0 Å². The number of hydrogen-bond donors (Lipinski definition) is 3. The lowest BCUT2D eigenvalue weighted by Gasteiger charge is -2.20. The second-order valence-corrected chi connectivity index (χ2v) is 10.6. The van der Waals surface area contributed by atoms with Gasteiger partial charge in [0.2, 0.25) is 15.9 Å². The Morgan fingerprint density at radius 2 is 1.68 bits per heavy atom. The largest absolute Gasteiger partial charge is 0.355 e. The maximum absolute atomic E-state index is 13.0. The number of rotatable bonds is 8. The lowest BCUT2D eigenvalue weighted by molar-refractivity contribution is -0.114. The van der Waals surface area contributed by atoms with Crippen LogP contribution >= 0.6 is 0 Å².